The minimum absolute atomic E-state index is 0.177. The van der Waals surface area contributed by atoms with Gasteiger partial charge in [-0.3, -0.25) is 14.4 Å². The molecule has 2 amide bonds. The Morgan fingerprint density at radius 1 is 1.43 bits per heavy atom. The zero-order valence-corrected chi connectivity index (χ0v) is 13.8. The van der Waals surface area contributed by atoms with E-state index in [2.05, 4.69) is 5.32 Å². The van der Waals surface area contributed by atoms with Crippen molar-refractivity contribution in [3.63, 3.8) is 0 Å². The summed E-state index contributed by atoms with van der Waals surface area (Å²) in [5.41, 5.74) is -0.483. The van der Waals surface area contributed by atoms with Gasteiger partial charge in [0.1, 0.15) is 6.04 Å². The summed E-state index contributed by atoms with van der Waals surface area (Å²) in [7, 11) is 0. The van der Waals surface area contributed by atoms with Crippen LogP contribution in [0.5, 0.6) is 0 Å². The summed E-state index contributed by atoms with van der Waals surface area (Å²) in [5.74, 6) is -1.71. The maximum absolute atomic E-state index is 12.4. The number of carbonyl (C=O) groups excluding carboxylic acids is 2. The van der Waals surface area contributed by atoms with Crippen molar-refractivity contribution in [1.29, 1.82) is 0 Å². The van der Waals surface area contributed by atoms with E-state index in [-0.39, 0.29) is 12.3 Å². The summed E-state index contributed by atoms with van der Waals surface area (Å²) in [6.45, 7) is 3.43. The molecule has 7 heteroatoms. The summed E-state index contributed by atoms with van der Waals surface area (Å²) in [6, 6.07) is 6.31. The quantitative estimate of drug-likeness (QED) is 0.860. The molecule has 0 aliphatic carbocycles. The van der Waals surface area contributed by atoms with Crippen LogP contribution >= 0.6 is 11.6 Å². The molecule has 0 saturated carbocycles. The smallest absolute Gasteiger partial charge is 0.309 e. The van der Waals surface area contributed by atoms with Gasteiger partial charge in [0.25, 0.3) is 0 Å². The number of hydrogen-bond acceptors (Lipinski definition) is 3. The molecule has 1 aromatic rings. The normalized spacial score (nSPS) is 18.1. The van der Waals surface area contributed by atoms with Crippen LogP contribution in [0.25, 0.3) is 0 Å². The SMILES string of the molecule is CC(C)(CC(=O)NC1CCN(c2cccc(Cl)c2)C1=O)C(=O)O. The Kier molecular flexibility index (Phi) is 4.94. The van der Waals surface area contributed by atoms with Gasteiger partial charge in [-0.2, -0.15) is 0 Å². The highest BCUT2D eigenvalue weighted by molar-refractivity contribution is 6.31. The highest BCUT2D eigenvalue weighted by Gasteiger charge is 2.36. The number of anilines is 1. The van der Waals surface area contributed by atoms with E-state index in [1.807, 2.05) is 0 Å². The summed E-state index contributed by atoms with van der Waals surface area (Å²) < 4.78 is 0. The molecule has 23 heavy (non-hydrogen) atoms. The minimum atomic E-state index is -1.17. The molecule has 0 spiro atoms. The first-order valence-electron chi connectivity index (χ1n) is 7.30. The summed E-state index contributed by atoms with van der Waals surface area (Å²) >= 11 is 5.93. The first-order valence-corrected chi connectivity index (χ1v) is 7.68. The average Bonchev–Trinajstić information content (AvgIpc) is 2.79. The van der Waals surface area contributed by atoms with E-state index in [1.54, 1.807) is 29.2 Å². The number of nitrogens with zero attached hydrogens (tertiary/aromatic N) is 1. The van der Waals surface area contributed by atoms with Gasteiger partial charge < -0.3 is 15.3 Å². The van der Waals surface area contributed by atoms with Crippen molar-refractivity contribution in [2.45, 2.75) is 32.7 Å². The van der Waals surface area contributed by atoms with E-state index in [4.69, 9.17) is 16.7 Å². The molecule has 2 N–H and O–H groups in total. The predicted molar refractivity (Wildman–Crippen MR) is 86.4 cm³/mol. The lowest BCUT2D eigenvalue weighted by Crippen LogP contribution is -2.43. The van der Waals surface area contributed by atoms with Crippen LogP contribution in [0.2, 0.25) is 5.02 Å². The molecule has 1 heterocycles. The maximum atomic E-state index is 12.4. The number of nitrogens with one attached hydrogen (secondary N) is 1. The second-order valence-electron chi connectivity index (χ2n) is 6.24. The standard InChI is InChI=1S/C16H19ClN2O4/c1-16(2,15(22)23)9-13(20)18-12-6-7-19(14(12)21)11-5-3-4-10(17)8-11/h3-5,8,12H,6-7,9H2,1-2H3,(H,18,20)(H,22,23). The van der Waals surface area contributed by atoms with E-state index < -0.39 is 23.3 Å². The Balaban J connectivity index is 2.00. The predicted octanol–water partition coefficient (Wildman–Crippen LogP) is 2.06. The number of benzene rings is 1. The molecule has 6 nitrogen and oxygen atoms in total. The van der Waals surface area contributed by atoms with Crippen LogP contribution in [0.15, 0.2) is 24.3 Å². The number of carbonyl (C=O) groups is 3. The van der Waals surface area contributed by atoms with Crippen molar-refractivity contribution < 1.29 is 19.5 Å². The van der Waals surface area contributed by atoms with Crippen molar-refractivity contribution in [3.05, 3.63) is 29.3 Å². The van der Waals surface area contributed by atoms with E-state index >= 15 is 0 Å². The number of amides is 2. The molecule has 0 bridgehead atoms. The van der Waals surface area contributed by atoms with Gasteiger partial charge in [-0.05, 0) is 38.5 Å². The highest BCUT2D eigenvalue weighted by atomic mass is 35.5. The molecule has 2 rings (SSSR count). The Morgan fingerprint density at radius 2 is 2.13 bits per heavy atom. The largest absolute Gasteiger partial charge is 0.481 e. The molecule has 1 aromatic carbocycles. The third-order valence-electron chi connectivity index (χ3n) is 3.84. The molecular weight excluding hydrogens is 320 g/mol. The minimum Gasteiger partial charge on any atom is -0.481 e. The highest BCUT2D eigenvalue weighted by Crippen LogP contribution is 2.25. The van der Waals surface area contributed by atoms with Crippen LogP contribution < -0.4 is 10.2 Å². The van der Waals surface area contributed by atoms with Crippen LogP contribution in [-0.4, -0.2) is 35.5 Å². The van der Waals surface area contributed by atoms with Gasteiger partial charge in [0.05, 0.1) is 5.41 Å². The Bertz CT molecular complexity index is 645. The summed E-state index contributed by atoms with van der Waals surface area (Å²) in [5, 5.41) is 12.2. The Hall–Kier alpha value is -2.08. The molecule has 1 atom stereocenters. The van der Waals surface area contributed by atoms with Crippen LogP contribution in [0.4, 0.5) is 5.69 Å². The fraction of sp³-hybridized carbons (Fsp3) is 0.438. The van der Waals surface area contributed by atoms with Gasteiger partial charge in [0, 0.05) is 23.7 Å². The number of carboxylic acids is 1. The maximum Gasteiger partial charge on any atom is 0.309 e. The van der Waals surface area contributed by atoms with Crippen molar-refractivity contribution in [3.8, 4) is 0 Å². The monoisotopic (exact) mass is 338 g/mol. The summed E-state index contributed by atoms with van der Waals surface area (Å²) in [4.78, 5) is 37.0. The first kappa shape index (κ1) is 17.3. The van der Waals surface area contributed by atoms with Gasteiger partial charge in [0.15, 0.2) is 0 Å². The second-order valence-corrected chi connectivity index (χ2v) is 6.68. The van der Waals surface area contributed by atoms with E-state index in [0.717, 1.165) is 0 Å². The zero-order valence-electron chi connectivity index (χ0n) is 13.0. The third-order valence-corrected chi connectivity index (χ3v) is 4.08. The van der Waals surface area contributed by atoms with Gasteiger partial charge in [-0.15, -0.1) is 0 Å². The first-order chi connectivity index (χ1) is 10.7. The van der Waals surface area contributed by atoms with Gasteiger partial charge >= 0.3 is 5.97 Å². The molecule has 0 aromatic heterocycles. The van der Waals surface area contributed by atoms with Gasteiger partial charge in [-0.1, -0.05) is 17.7 Å². The second kappa shape index (κ2) is 6.58. The molecule has 1 fully saturated rings. The van der Waals surface area contributed by atoms with Crippen molar-refractivity contribution in [2.75, 3.05) is 11.4 Å². The molecule has 1 unspecified atom stereocenters. The third kappa shape index (κ3) is 4.01. The van der Waals surface area contributed by atoms with Crippen molar-refractivity contribution in [2.24, 2.45) is 5.41 Å². The summed E-state index contributed by atoms with van der Waals surface area (Å²) in [6.07, 6.45) is 0.299. The van der Waals surface area contributed by atoms with Gasteiger partial charge in [0.2, 0.25) is 11.8 Å². The van der Waals surface area contributed by atoms with Crippen molar-refractivity contribution in [1.82, 2.24) is 5.32 Å². The molecule has 0 radical (unpaired) electrons. The zero-order chi connectivity index (χ0) is 17.2. The van der Waals surface area contributed by atoms with Crippen LogP contribution in [-0.2, 0) is 14.4 Å². The molecular formula is C16H19ClN2O4. The molecule has 1 saturated heterocycles. The molecule has 1 aliphatic heterocycles. The fourth-order valence-corrected chi connectivity index (χ4v) is 2.62. The number of carboxylic acid groups (broad SMARTS) is 1. The van der Waals surface area contributed by atoms with Crippen LogP contribution in [0.3, 0.4) is 0 Å². The van der Waals surface area contributed by atoms with Gasteiger partial charge in [-0.25, -0.2) is 0 Å². The lowest BCUT2D eigenvalue weighted by atomic mass is 9.89. The van der Waals surface area contributed by atoms with E-state index in [9.17, 15) is 14.4 Å². The lowest BCUT2D eigenvalue weighted by molar-refractivity contribution is -0.149. The number of aliphatic carboxylic acids is 1. The van der Waals surface area contributed by atoms with Crippen molar-refractivity contribution >= 4 is 35.1 Å². The number of halogens is 1. The van der Waals surface area contributed by atoms with E-state index in [0.29, 0.717) is 23.7 Å². The lowest BCUT2D eigenvalue weighted by Gasteiger charge is -2.20. The molecule has 124 valence electrons. The average molecular weight is 339 g/mol. The molecule has 1 aliphatic rings. The Morgan fingerprint density at radius 3 is 2.74 bits per heavy atom. The van der Waals surface area contributed by atoms with Crippen LogP contribution in [0, 0.1) is 5.41 Å². The van der Waals surface area contributed by atoms with E-state index in [1.165, 1.54) is 13.8 Å². The Labute approximate surface area is 139 Å². The number of rotatable bonds is 5. The van der Waals surface area contributed by atoms with Crippen LogP contribution in [0.1, 0.15) is 26.7 Å². The number of hydrogen-bond donors (Lipinski definition) is 2. The topological polar surface area (TPSA) is 86.7 Å². The fourth-order valence-electron chi connectivity index (χ4n) is 2.44.